The van der Waals surface area contributed by atoms with Gasteiger partial charge in [-0.1, -0.05) is 0 Å². The van der Waals surface area contributed by atoms with Crippen LogP contribution in [0.1, 0.15) is 5.56 Å². The summed E-state index contributed by atoms with van der Waals surface area (Å²) < 4.78 is 49.4. The van der Waals surface area contributed by atoms with Gasteiger partial charge in [0.2, 0.25) is 0 Å². The van der Waals surface area contributed by atoms with E-state index in [0.29, 0.717) is 33.8 Å². The Labute approximate surface area is 142 Å². The van der Waals surface area contributed by atoms with E-state index in [1.165, 1.54) is 20.3 Å². The Balaban J connectivity index is 2.04. The van der Waals surface area contributed by atoms with Gasteiger partial charge in [-0.05, 0) is 36.4 Å². The number of hydrogen-bond donors (Lipinski definition) is 1. The SMILES string of the molecule is COc1ccc(Nc2ccnc3ccc(C(F)(F)F)cc23)cc1OC. The lowest BCUT2D eigenvalue weighted by atomic mass is 10.1. The molecular weight excluding hydrogens is 333 g/mol. The maximum absolute atomic E-state index is 13.0. The molecule has 1 heterocycles. The molecule has 25 heavy (non-hydrogen) atoms. The number of methoxy groups -OCH3 is 2. The van der Waals surface area contributed by atoms with Crippen molar-refractivity contribution < 1.29 is 22.6 Å². The lowest BCUT2D eigenvalue weighted by molar-refractivity contribution is -0.137. The number of ether oxygens (including phenoxy) is 2. The Morgan fingerprint density at radius 3 is 2.36 bits per heavy atom. The standard InChI is InChI=1S/C18H15F3N2O2/c1-24-16-6-4-12(10-17(16)25-2)23-15-7-8-22-14-5-3-11(9-13(14)15)18(19,20)21/h3-10H,1-2H3,(H,22,23). The average Bonchev–Trinajstić information content (AvgIpc) is 2.60. The summed E-state index contributed by atoms with van der Waals surface area (Å²) in [6.45, 7) is 0. The van der Waals surface area contributed by atoms with Gasteiger partial charge in [0.1, 0.15) is 0 Å². The summed E-state index contributed by atoms with van der Waals surface area (Å²) in [7, 11) is 3.04. The molecule has 0 aliphatic rings. The van der Waals surface area contributed by atoms with Crippen molar-refractivity contribution in [1.82, 2.24) is 4.98 Å². The molecule has 0 fully saturated rings. The first-order valence-electron chi connectivity index (χ1n) is 7.37. The molecule has 0 saturated heterocycles. The number of pyridine rings is 1. The zero-order valence-electron chi connectivity index (χ0n) is 13.5. The summed E-state index contributed by atoms with van der Waals surface area (Å²) in [5.41, 5.74) is 0.924. The number of fused-ring (bicyclic) bond motifs is 1. The molecule has 0 amide bonds. The van der Waals surface area contributed by atoms with E-state index >= 15 is 0 Å². The molecule has 3 rings (SSSR count). The molecule has 130 valence electrons. The molecule has 0 saturated carbocycles. The lowest BCUT2D eigenvalue weighted by Crippen LogP contribution is -2.05. The Hall–Kier alpha value is -2.96. The predicted octanol–water partition coefficient (Wildman–Crippen LogP) is 5.01. The Morgan fingerprint density at radius 1 is 0.920 bits per heavy atom. The fourth-order valence-corrected chi connectivity index (χ4v) is 2.50. The molecule has 4 nitrogen and oxygen atoms in total. The van der Waals surface area contributed by atoms with Crippen LogP contribution in [0.3, 0.4) is 0 Å². The average molecular weight is 348 g/mol. The largest absolute Gasteiger partial charge is 0.493 e. The van der Waals surface area contributed by atoms with Crippen LogP contribution >= 0.6 is 0 Å². The van der Waals surface area contributed by atoms with Gasteiger partial charge in [0, 0.05) is 29.0 Å². The second kappa shape index (κ2) is 6.51. The highest BCUT2D eigenvalue weighted by atomic mass is 19.4. The molecule has 1 aromatic heterocycles. The Morgan fingerprint density at radius 2 is 1.68 bits per heavy atom. The highest BCUT2D eigenvalue weighted by molar-refractivity contribution is 5.93. The molecule has 0 unspecified atom stereocenters. The number of aromatic nitrogens is 1. The number of alkyl halides is 3. The normalized spacial score (nSPS) is 11.4. The van der Waals surface area contributed by atoms with Crippen molar-refractivity contribution in [2.75, 3.05) is 19.5 Å². The molecule has 0 aliphatic carbocycles. The topological polar surface area (TPSA) is 43.4 Å². The first-order valence-corrected chi connectivity index (χ1v) is 7.37. The van der Waals surface area contributed by atoms with E-state index in [1.54, 1.807) is 30.5 Å². The van der Waals surface area contributed by atoms with E-state index in [1.807, 2.05) is 0 Å². The molecule has 0 aliphatic heterocycles. The molecule has 7 heteroatoms. The third-order valence-electron chi connectivity index (χ3n) is 3.73. The van der Waals surface area contributed by atoms with Gasteiger partial charge in [0.15, 0.2) is 11.5 Å². The van der Waals surface area contributed by atoms with E-state index in [4.69, 9.17) is 9.47 Å². The van der Waals surface area contributed by atoms with Crippen molar-refractivity contribution in [3.63, 3.8) is 0 Å². The van der Waals surface area contributed by atoms with Gasteiger partial charge < -0.3 is 14.8 Å². The van der Waals surface area contributed by atoms with Crippen molar-refractivity contribution in [3.8, 4) is 11.5 Å². The van der Waals surface area contributed by atoms with Crippen LogP contribution in [-0.2, 0) is 6.18 Å². The fraction of sp³-hybridized carbons (Fsp3) is 0.167. The number of nitrogens with zero attached hydrogens (tertiary/aromatic N) is 1. The minimum absolute atomic E-state index is 0.382. The number of anilines is 2. The molecule has 3 aromatic rings. The van der Waals surface area contributed by atoms with Crippen molar-refractivity contribution in [3.05, 3.63) is 54.2 Å². The van der Waals surface area contributed by atoms with E-state index in [0.717, 1.165) is 12.1 Å². The van der Waals surface area contributed by atoms with Crippen LogP contribution < -0.4 is 14.8 Å². The number of halogens is 3. The van der Waals surface area contributed by atoms with Crippen LogP contribution in [0.4, 0.5) is 24.5 Å². The van der Waals surface area contributed by atoms with Crippen LogP contribution in [0.15, 0.2) is 48.7 Å². The van der Waals surface area contributed by atoms with E-state index in [-0.39, 0.29) is 0 Å². The Kier molecular flexibility index (Phi) is 4.39. The zero-order chi connectivity index (χ0) is 18.0. The Bertz CT molecular complexity index is 910. The molecule has 1 N–H and O–H groups in total. The second-order valence-corrected chi connectivity index (χ2v) is 5.28. The van der Waals surface area contributed by atoms with Crippen LogP contribution in [-0.4, -0.2) is 19.2 Å². The second-order valence-electron chi connectivity index (χ2n) is 5.28. The van der Waals surface area contributed by atoms with Crippen LogP contribution in [0, 0.1) is 0 Å². The number of hydrogen-bond acceptors (Lipinski definition) is 4. The summed E-state index contributed by atoms with van der Waals surface area (Å²) in [4.78, 5) is 4.12. The minimum Gasteiger partial charge on any atom is -0.493 e. The van der Waals surface area contributed by atoms with Crippen molar-refractivity contribution >= 4 is 22.3 Å². The van der Waals surface area contributed by atoms with Gasteiger partial charge in [-0.15, -0.1) is 0 Å². The highest BCUT2D eigenvalue weighted by Gasteiger charge is 2.30. The minimum atomic E-state index is -4.41. The van der Waals surface area contributed by atoms with E-state index in [2.05, 4.69) is 10.3 Å². The molecule has 0 atom stereocenters. The summed E-state index contributed by atoms with van der Waals surface area (Å²) in [5, 5.41) is 3.49. The van der Waals surface area contributed by atoms with Crippen molar-refractivity contribution in [2.45, 2.75) is 6.18 Å². The number of rotatable bonds is 4. The van der Waals surface area contributed by atoms with Crippen LogP contribution in [0.2, 0.25) is 0 Å². The summed E-state index contributed by atoms with van der Waals surface area (Å²) in [6, 6.07) is 10.3. The maximum atomic E-state index is 13.0. The van der Waals surface area contributed by atoms with Crippen molar-refractivity contribution in [1.29, 1.82) is 0 Å². The molecule has 0 radical (unpaired) electrons. The smallest absolute Gasteiger partial charge is 0.416 e. The van der Waals surface area contributed by atoms with Gasteiger partial charge in [0.05, 0.1) is 25.3 Å². The van der Waals surface area contributed by atoms with E-state index < -0.39 is 11.7 Å². The summed E-state index contributed by atoms with van der Waals surface area (Å²) >= 11 is 0. The van der Waals surface area contributed by atoms with Gasteiger partial charge >= 0.3 is 6.18 Å². The first-order chi connectivity index (χ1) is 11.9. The van der Waals surface area contributed by atoms with E-state index in [9.17, 15) is 13.2 Å². The lowest BCUT2D eigenvalue weighted by Gasteiger charge is -2.14. The van der Waals surface area contributed by atoms with Crippen LogP contribution in [0.5, 0.6) is 11.5 Å². The van der Waals surface area contributed by atoms with Gasteiger partial charge in [-0.3, -0.25) is 4.98 Å². The van der Waals surface area contributed by atoms with Gasteiger partial charge in [-0.2, -0.15) is 13.2 Å². The van der Waals surface area contributed by atoms with Crippen molar-refractivity contribution in [2.24, 2.45) is 0 Å². The molecular formula is C18H15F3N2O2. The third-order valence-corrected chi connectivity index (χ3v) is 3.73. The third kappa shape index (κ3) is 3.45. The van der Waals surface area contributed by atoms with Crippen LogP contribution in [0.25, 0.3) is 10.9 Å². The fourth-order valence-electron chi connectivity index (χ4n) is 2.50. The molecule has 2 aromatic carbocycles. The first kappa shape index (κ1) is 16.9. The van der Waals surface area contributed by atoms with Gasteiger partial charge in [0.25, 0.3) is 0 Å². The summed E-state index contributed by atoms with van der Waals surface area (Å²) in [5.74, 6) is 1.08. The summed E-state index contributed by atoms with van der Waals surface area (Å²) in [6.07, 6.45) is -2.87. The number of nitrogens with one attached hydrogen (secondary N) is 1. The molecule has 0 spiro atoms. The molecule has 0 bridgehead atoms. The number of benzene rings is 2. The maximum Gasteiger partial charge on any atom is 0.416 e. The highest BCUT2D eigenvalue weighted by Crippen LogP contribution is 2.35. The van der Waals surface area contributed by atoms with Gasteiger partial charge in [-0.25, -0.2) is 0 Å². The quantitative estimate of drug-likeness (QED) is 0.719. The monoisotopic (exact) mass is 348 g/mol. The zero-order valence-corrected chi connectivity index (χ0v) is 13.5. The predicted molar refractivity (Wildman–Crippen MR) is 89.6 cm³/mol.